The summed E-state index contributed by atoms with van der Waals surface area (Å²) in [4.78, 5) is 26.0. The number of carboxylic acid groups (broad SMARTS) is 2. The average Bonchev–Trinajstić information content (AvgIpc) is 2.02. The molecule has 13 heavy (non-hydrogen) atoms. The Kier molecular flexibility index (Phi) is 2.32. The summed E-state index contributed by atoms with van der Waals surface area (Å²) in [6, 6.07) is 0. The first-order valence-corrected chi connectivity index (χ1v) is 3.48. The number of rotatable bonds is 2. The van der Waals surface area contributed by atoms with Crippen LogP contribution in [0.25, 0.3) is 0 Å². The Morgan fingerprint density at radius 1 is 1.46 bits per heavy atom. The second kappa shape index (κ2) is 3.26. The third kappa shape index (κ3) is 1.66. The summed E-state index contributed by atoms with van der Waals surface area (Å²) in [5, 5.41) is 17.3. The molecule has 2 N–H and O–H groups in total. The van der Waals surface area contributed by atoms with Crippen LogP contribution in [0.3, 0.4) is 0 Å². The van der Waals surface area contributed by atoms with Crippen LogP contribution in [0.5, 0.6) is 0 Å². The highest BCUT2D eigenvalue weighted by Gasteiger charge is 2.25. The summed E-state index contributed by atoms with van der Waals surface area (Å²) in [5.41, 5.74) is -0.712. The molecule has 6 nitrogen and oxygen atoms in total. The second-order valence-electron chi connectivity index (χ2n) is 2.50. The fourth-order valence-electron chi connectivity index (χ4n) is 1.01. The van der Waals surface area contributed by atoms with Gasteiger partial charge in [0, 0.05) is 13.3 Å². The van der Waals surface area contributed by atoms with Gasteiger partial charge < -0.3 is 15.1 Å². The van der Waals surface area contributed by atoms with Crippen molar-refractivity contribution in [2.45, 2.75) is 0 Å². The molecule has 6 heteroatoms. The Morgan fingerprint density at radius 3 is 2.46 bits per heavy atom. The fourth-order valence-corrected chi connectivity index (χ4v) is 1.01. The molecule has 0 saturated carbocycles. The highest BCUT2D eigenvalue weighted by atomic mass is 16.4. The standard InChI is InChI=1S/C7H8N2O4/c1-9-3-2-8-4(6(10)11)5(9)7(12)13/h2H,3H2,1H3,(H,10,11)(H,12,13). The minimum atomic E-state index is -1.33. The summed E-state index contributed by atoms with van der Waals surface area (Å²) >= 11 is 0. The molecule has 0 unspecified atom stereocenters. The molecule has 1 aliphatic rings. The number of hydrogen-bond acceptors (Lipinski definition) is 4. The van der Waals surface area contributed by atoms with Crippen molar-refractivity contribution in [3.63, 3.8) is 0 Å². The maximum Gasteiger partial charge on any atom is 0.356 e. The number of hydrogen-bond donors (Lipinski definition) is 2. The number of carboxylic acids is 2. The lowest BCUT2D eigenvalue weighted by molar-refractivity contribution is -0.137. The third-order valence-electron chi connectivity index (χ3n) is 1.59. The van der Waals surface area contributed by atoms with E-state index in [1.165, 1.54) is 18.2 Å². The van der Waals surface area contributed by atoms with Gasteiger partial charge in [0.1, 0.15) is 0 Å². The highest BCUT2D eigenvalue weighted by molar-refractivity contribution is 6.00. The molecule has 70 valence electrons. The summed E-state index contributed by atoms with van der Waals surface area (Å²) in [6.45, 7) is 0.304. The number of nitrogens with zero attached hydrogens (tertiary/aromatic N) is 2. The lowest BCUT2D eigenvalue weighted by atomic mass is 10.2. The van der Waals surface area contributed by atoms with Crippen molar-refractivity contribution < 1.29 is 19.8 Å². The molecule has 0 aromatic rings. The van der Waals surface area contributed by atoms with Crippen molar-refractivity contribution in [2.24, 2.45) is 4.99 Å². The van der Waals surface area contributed by atoms with E-state index >= 15 is 0 Å². The third-order valence-corrected chi connectivity index (χ3v) is 1.59. The largest absolute Gasteiger partial charge is 0.477 e. The Morgan fingerprint density at radius 2 is 2.08 bits per heavy atom. The number of likely N-dealkylation sites (N-methyl/N-ethyl adjacent to an activating group) is 1. The van der Waals surface area contributed by atoms with Gasteiger partial charge in [0.05, 0.1) is 6.54 Å². The molecule has 1 heterocycles. The maximum atomic E-state index is 10.6. The van der Waals surface area contributed by atoms with Crippen LogP contribution in [0, 0.1) is 0 Å². The molecule has 0 radical (unpaired) electrons. The Bertz CT molecular complexity index is 318. The van der Waals surface area contributed by atoms with E-state index in [0.29, 0.717) is 6.54 Å². The van der Waals surface area contributed by atoms with Crippen LogP contribution in [0.4, 0.5) is 0 Å². The first kappa shape index (κ1) is 9.24. The van der Waals surface area contributed by atoms with E-state index in [2.05, 4.69) is 4.99 Å². The molecular formula is C7H8N2O4. The molecule has 1 aliphatic heterocycles. The van der Waals surface area contributed by atoms with Crippen molar-refractivity contribution >= 4 is 18.2 Å². The predicted molar refractivity (Wildman–Crippen MR) is 43.4 cm³/mol. The number of aliphatic imine (C=N–C) groups is 1. The van der Waals surface area contributed by atoms with E-state index in [1.54, 1.807) is 0 Å². The van der Waals surface area contributed by atoms with E-state index in [4.69, 9.17) is 10.2 Å². The molecule has 0 bridgehead atoms. The van der Waals surface area contributed by atoms with Gasteiger partial charge in [-0.2, -0.15) is 0 Å². The normalized spacial score (nSPS) is 16.2. The van der Waals surface area contributed by atoms with Gasteiger partial charge >= 0.3 is 11.9 Å². The monoisotopic (exact) mass is 184 g/mol. The minimum Gasteiger partial charge on any atom is -0.477 e. The lowest BCUT2D eigenvalue weighted by Gasteiger charge is -2.21. The zero-order valence-electron chi connectivity index (χ0n) is 6.89. The van der Waals surface area contributed by atoms with Gasteiger partial charge in [-0.3, -0.25) is 0 Å². The quantitative estimate of drug-likeness (QED) is 0.597. The highest BCUT2D eigenvalue weighted by Crippen LogP contribution is 2.13. The van der Waals surface area contributed by atoms with Gasteiger partial charge in [-0.25, -0.2) is 14.6 Å². The molecule has 0 amide bonds. The second-order valence-corrected chi connectivity index (χ2v) is 2.50. The van der Waals surface area contributed by atoms with E-state index in [9.17, 15) is 9.59 Å². The van der Waals surface area contributed by atoms with Crippen LogP contribution in [-0.4, -0.2) is 46.9 Å². The van der Waals surface area contributed by atoms with Gasteiger partial charge in [0.2, 0.25) is 0 Å². The van der Waals surface area contributed by atoms with Gasteiger partial charge in [-0.15, -0.1) is 0 Å². The van der Waals surface area contributed by atoms with Crippen LogP contribution in [0.1, 0.15) is 0 Å². The Balaban J connectivity index is 3.20. The molecular weight excluding hydrogens is 176 g/mol. The molecule has 1 rings (SSSR count). The van der Waals surface area contributed by atoms with E-state index in [-0.39, 0.29) is 5.70 Å². The Hall–Kier alpha value is -1.85. The lowest BCUT2D eigenvalue weighted by Crippen LogP contribution is -2.31. The van der Waals surface area contributed by atoms with Crippen LogP contribution in [0.15, 0.2) is 16.4 Å². The van der Waals surface area contributed by atoms with Crippen LogP contribution < -0.4 is 0 Å². The van der Waals surface area contributed by atoms with Gasteiger partial charge in [-0.05, 0) is 0 Å². The molecule has 0 aromatic carbocycles. The smallest absolute Gasteiger partial charge is 0.356 e. The summed E-state index contributed by atoms with van der Waals surface area (Å²) in [5.74, 6) is -2.61. The van der Waals surface area contributed by atoms with Gasteiger partial charge in [-0.1, -0.05) is 0 Å². The van der Waals surface area contributed by atoms with Crippen molar-refractivity contribution in [1.29, 1.82) is 0 Å². The molecule has 0 spiro atoms. The van der Waals surface area contributed by atoms with Crippen LogP contribution in [-0.2, 0) is 9.59 Å². The zero-order valence-corrected chi connectivity index (χ0v) is 6.89. The SMILES string of the molecule is CN1CC=NC(C(=O)O)=C1C(=O)O. The first-order chi connectivity index (χ1) is 6.04. The van der Waals surface area contributed by atoms with Crippen LogP contribution in [0.2, 0.25) is 0 Å². The number of carbonyl (C=O) groups is 2. The summed E-state index contributed by atoms with van der Waals surface area (Å²) < 4.78 is 0. The summed E-state index contributed by atoms with van der Waals surface area (Å²) in [6.07, 6.45) is 1.36. The van der Waals surface area contributed by atoms with Gasteiger partial charge in [0.15, 0.2) is 11.4 Å². The Labute approximate surface area is 73.8 Å². The zero-order chi connectivity index (χ0) is 10.0. The number of aliphatic carboxylic acids is 2. The summed E-state index contributed by atoms with van der Waals surface area (Å²) in [7, 11) is 1.50. The predicted octanol–water partition coefficient (Wildman–Crippen LogP) is -0.617. The van der Waals surface area contributed by atoms with E-state index in [0.717, 1.165) is 0 Å². The van der Waals surface area contributed by atoms with Crippen molar-refractivity contribution in [3.05, 3.63) is 11.4 Å². The van der Waals surface area contributed by atoms with Crippen molar-refractivity contribution in [1.82, 2.24) is 4.90 Å². The first-order valence-electron chi connectivity index (χ1n) is 3.48. The van der Waals surface area contributed by atoms with Crippen LogP contribution >= 0.6 is 0 Å². The minimum absolute atomic E-state index is 0.282. The van der Waals surface area contributed by atoms with Crippen molar-refractivity contribution in [2.75, 3.05) is 13.6 Å². The molecule has 0 fully saturated rings. The fraction of sp³-hybridized carbons (Fsp3) is 0.286. The van der Waals surface area contributed by atoms with E-state index < -0.39 is 17.6 Å². The van der Waals surface area contributed by atoms with Crippen molar-refractivity contribution in [3.8, 4) is 0 Å². The molecule has 0 atom stereocenters. The van der Waals surface area contributed by atoms with E-state index in [1.807, 2.05) is 0 Å². The molecule has 0 aromatic heterocycles. The molecule has 0 saturated heterocycles. The molecule has 0 aliphatic carbocycles. The average molecular weight is 184 g/mol. The topological polar surface area (TPSA) is 90.2 Å². The maximum absolute atomic E-state index is 10.6. The van der Waals surface area contributed by atoms with Gasteiger partial charge in [0.25, 0.3) is 0 Å².